The minimum Gasteiger partial charge on any atom is -0.491 e. The van der Waals surface area contributed by atoms with Crippen LogP contribution in [0.1, 0.15) is 20.8 Å². The second-order valence-corrected chi connectivity index (χ2v) is 5.45. The van der Waals surface area contributed by atoms with Gasteiger partial charge in [0.2, 0.25) is 0 Å². The normalized spacial score (nSPS) is 12.6. The number of anilines is 1. The second kappa shape index (κ2) is 7.09. The minimum atomic E-state index is -0.408. The monoisotopic (exact) mass is 281 g/mol. The largest absolute Gasteiger partial charge is 0.491 e. The van der Waals surface area contributed by atoms with E-state index in [1.807, 2.05) is 34.9 Å². The zero-order valence-corrected chi connectivity index (χ0v) is 12.7. The predicted molar refractivity (Wildman–Crippen MR) is 80.5 cm³/mol. The molecule has 0 saturated heterocycles. The van der Waals surface area contributed by atoms with Crippen molar-refractivity contribution in [1.29, 1.82) is 0 Å². The molecule has 6 heteroatoms. The Hall–Kier alpha value is -1.82. The number of non-ortho nitro benzene ring substituents is 1. The molecule has 6 nitrogen and oxygen atoms in total. The number of ether oxygens (including phenoxy) is 1. The van der Waals surface area contributed by atoms with Crippen molar-refractivity contribution in [1.82, 2.24) is 4.90 Å². The molecule has 1 aromatic rings. The maximum absolute atomic E-state index is 11.0. The topological polar surface area (TPSA) is 67.6 Å². The van der Waals surface area contributed by atoms with Crippen molar-refractivity contribution in [2.45, 2.75) is 32.9 Å². The van der Waals surface area contributed by atoms with Crippen molar-refractivity contribution in [2.24, 2.45) is 0 Å². The molecule has 0 amide bonds. The third kappa shape index (κ3) is 5.44. The first-order chi connectivity index (χ1) is 9.27. The van der Waals surface area contributed by atoms with Crippen LogP contribution in [-0.2, 0) is 0 Å². The lowest BCUT2D eigenvalue weighted by Gasteiger charge is -2.20. The van der Waals surface area contributed by atoms with Crippen molar-refractivity contribution in [3.05, 3.63) is 28.3 Å². The molecule has 1 unspecified atom stereocenters. The predicted octanol–water partition coefficient (Wildman–Crippen LogP) is 2.74. The lowest BCUT2D eigenvalue weighted by molar-refractivity contribution is -0.384. The van der Waals surface area contributed by atoms with Crippen LogP contribution in [0.3, 0.4) is 0 Å². The summed E-state index contributed by atoms with van der Waals surface area (Å²) in [6.45, 7) is 6.64. The Bertz CT molecular complexity index is 461. The van der Waals surface area contributed by atoms with Gasteiger partial charge in [-0.05, 0) is 34.9 Å². The van der Waals surface area contributed by atoms with Gasteiger partial charge in [0.1, 0.15) is 5.75 Å². The van der Waals surface area contributed by atoms with Gasteiger partial charge < -0.3 is 15.0 Å². The molecule has 0 heterocycles. The van der Waals surface area contributed by atoms with Gasteiger partial charge in [-0.25, -0.2) is 0 Å². The molecule has 0 fully saturated rings. The van der Waals surface area contributed by atoms with E-state index in [2.05, 4.69) is 10.2 Å². The Morgan fingerprint density at radius 1 is 1.30 bits per heavy atom. The van der Waals surface area contributed by atoms with Crippen LogP contribution in [0.25, 0.3) is 0 Å². The summed E-state index contributed by atoms with van der Waals surface area (Å²) in [6, 6.07) is 4.94. The molecule has 0 radical (unpaired) electrons. The third-order valence-corrected chi connectivity index (χ3v) is 2.53. The number of hydrogen-bond donors (Lipinski definition) is 1. The smallest absolute Gasteiger partial charge is 0.275 e. The Kier molecular flexibility index (Phi) is 5.76. The molecule has 0 saturated carbocycles. The lowest BCUT2D eigenvalue weighted by Crippen LogP contribution is -2.29. The van der Waals surface area contributed by atoms with E-state index in [0.717, 1.165) is 6.54 Å². The summed E-state index contributed by atoms with van der Waals surface area (Å²) in [5, 5.41) is 14.2. The van der Waals surface area contributed by atoms with Crippen LogP contribution in [0.2, 0.25) is 0 Å². The van der Waals surface area contributed by atoms with E-state index in [4.69, 9.17) is 4.74 Å². The van der Waals surface area contributed by atoms with Crippen molar-refractivity contribution < 1.29 is 9.66 Å². The molecular weight excluding hydrogens is 258 g/mol. The van der Waals surface area contributed by atoms with Gasteiger partial charge in [-0.2, -0.15) is 0 Å². The summed E-state index contributed by atoms with van der Waals surface area (Å²) in [5.41, 5.74) is 0.729. The van der Waals surface area contributed by atoms with Crippen molar-refractivity contribution in [3.8, 4) is 5.75 Å². The quantitative estimate of drug-likeness (QED) is 0.615. The van der Waals surface area contributed by atoms with Gasteiger partial charge in [-0.3, -0.25) is 10.1 Å². The van der Waals surface area contributed by atoms with E-state index in [1.54, 1.807) is 6.07 Å². The minimum absolute atomic E-state index is 0.0240. The highest BCUT2D eigenvalue weighted by molar-refractivity contribution is 5.56. The number of nitro benzene ring substituents is 1. The molecule has 1 rings (SSSR count). The van der Waals surface area contributed by atoms with Crippen LogP contribution in [0.4, 0.5) is 11.4 Å². The summed E-state index contributed by atoms with van der Waals surface area (Å²) in [4.78, 5) is 12.6. The number of nitrogens with zero attached hydrogens (tertiary/aromatic N) is 2. The summed E-state index contributed by atoms with van der Waals surface area (Å²) in [6.07, 6.45) is -0.0240. The van der Waals surface area contributed by atoms with Crippen molar-refractivity contribution in [2.75, 3.05) is 26.0 Å². The first kappa shape index (κ1) is 16.2. The number of likely N-dealkylation sites (N-methyl/N-ethyl adjacent to an activating group) is 1. The molecule has 112 valence electrons. The second-order valence-electron chi connectivity index (χ2n) is 5.45. The van der Waals surface area contributed by atoms with Crippen LogP contribution >= 0.6 is 0 Å². The molecule has 0 aliphatic rings. The molecule has 20 heavy (non-hydrogen) atoms. The first-order valence-electron chi connectivity index (χ1n) is 6.65. The SMILES string of the molecule is CC(CN(C)C)Nc1cc(OC(C)C)cc([N+](=O)[O-])c1. The summed E-state index contributed by atoms with van der Waals surface area (Å²) in [5.74, 6) is 0.508. The molecule has 0 spiro atoms. The van der Waals surface area contributed by atoms with Crippen molar-refractivity contribution >= 4 is 11.4 Å². The van der Waals surface area contributed by atoms with E-state index in [1.165, 1.54) is 12.1 Å². The Morgan fingerprint density at radius 3 is 2.45 bits per heavy atom. The van der Waals surface area contributed by atoms with E-state index in [9.17, 15) is 10.1 Å². The Balaban J connectivity index is 2.93. The number of nitrogens with one attached hydrogen (secondary N) is 1. The first-order valence-corrected chi connectivity index (χ1v) is 6.65. The molecule has 1 atom stereocenters. The third-order valence-electron chi connectivity index (χ3n) is 2.53. The molecule has 0 aromatic heterocycles. The summed E-state index contributed by atoms with van der Waals surface area (Å²) >= 11 is 0. The molecule has 0 bridgehead atoms. The van der Waals surface area contributed by atoms with Crippen LogP contribution in [0.15, 0.2) is 18.2 Å². The van der Waals surface area contributed by atoms with Crippen LogP contribution in [0.5, 0.6) is 5.75 Å². The average Bonchev–Trinajstić information content (AvgIpc) is 2.25. The van der Waals surface area contributed by atoms with Gasteiger partial charge >= 0.3 is 0 Å². The van der Waals surface area contributed by atoms with Gasteiger partial charge in [0.15, 0.2) is 0 Å². The van der Waals surface area contributed by atoms with Gasteiger partial charge in [0.25, 0.3) is 5.69 Å². The molecule has 0 aliphatic carbocycles. The Labute approximate surface area is 119 Å². The molecule has 0 aliphatic heterocycles. The summed E-state index contributed by atoms with van der Waals surface area (Å²) in [7, 11) is 3.97. The van der Waals surface area contributed by atoms with Gasteiger partial charge in [-0.15, -0.1) is 0 Å². The summed E-state index contributed by atoms with van der Waals surface area (Å²) < 4.78 is 5.55. The Morgan fingerprint density at radius 2 is 1.95 bits per heavy atom. The fraction of sp³-hybridized carbons (Fsp3) is 0.571. The standard InChI is InChI=1S/C14H23N3O3/c1-10(2)20-14-7-12(6-13(8-14)17(18)19)15-11(3)9-16(4)5/h6-8,10-11,15H,9H2,1-5H3. The maximum Gasteiger partial charge on any atom is 0.275 e. The number of benzene rings is 1. The van der Waals surface area contributed by atoms with Crippen molar-refractivity contribution in [3.63, 3.8) is 0 Å². The highest BCUT2D eigenvalue weighted by Gasteiger charge is 2.13. The van der Waals surface area contributed by atoms with E-state index >= 15 is 0 Å². The fourth-order valence-electron chi connectivity index (χ4n) is 1.99. The van der Waals surface area contributed by atoms with Gasteiger partial charge in [0, 0.05) is 30.4 Å². The number of nitro groups is 1. The molecular formula is C14H23N3O3. The highest BCUT2D eigenvalue weighted by atomic mass is 16.6. The van der Waals surface area contributed by atoms with E-state index in [-0.39, 0.29) is 17.8 Å². The van der Waals surface area contributed by atoms with E-state index < -0.39 is 4.92 Å². The molecule has 1 aromatic carbocycles. The lowest BCUT2D eigenvalue weighted by atomic mass is 10.2. The average molecular weight is 281 g/mol. The zero-order chi connectivity index (χ0) is 15.3. The van der Waals surface area contributed by atoms with E-state index in [0.29, 0.717) is 11.4 Å². The highest BCUT2D eigenvalue weighted by Crippen LogP contribution is 2.27. The van der Waals surface area contributed by atoms with Gasteiger partial charge in [-0.1, -0.05) is 0 Å². The zero-order valence-electron chi connectivity index (χ0n) is 12.7. The van der Waals surface area contributed by atoms with Crippen LogP contribution in [-0.4, -0.2) is 42.6 Å². The van der Waals surface area contributed by atoms with Gasteiger partial charge in [0.05, 0.1) is 17.1 Å². The maximum atomic E-state index is 11.0. The number of hydrogen-bond acceptors (Lipinski definition) is 5. The van der Waals surface area contributed by atoms with Crippen LogP contribution < -0.4 is 10.1 Å². The number of rotatable bonds is 7. The molecule has 1 N–H and O–H groups in total. The van der Waals surface area contributed by atoms with Crippen LogP contribution in [0, 0.1) is 10.1 Å². The fourth-order valence-corrected chi connectivity index (χ4v) is 1.99.